The zero-order valence-electron chi connectivity index (χ0n) is 10.2. The molecule has 0 aliphatic rings. The van der Waals surface area contributed by atoms with Gasteiger partial charge in [-0.1, -0.05) is 0 Å². The van der Waals surface area contributed by atoms with Gasteiger partial charge >= 0.3 is 0 Å². The molecule has 0 saturated heterocycles. The van der Waals surface area contributed by atoms with Crippen LogP contribution in [0.25, 0.3) is 0 Å². The van der Waals surface area contributed by atoms with Crippen LogP contribution in [0, 0.1) is 29.1 Å². The fourth-order valence-electron chi connectivity index (χ4n) is 1.60. The molecule has 0 saturated carbocycles. The highest BCUT2D eigenvalue weighted by Crippen LogP contribution is 2.22. The van der Waals surface area contributed by atoms with E-state index >= 15 is 0 Å². The van der Waals surface area contributed by atoms with Crippen LogP contribution in [0.15, 0.2) is 24.3 Å². The molecule has 0 aromatic heterocycles. The van der Waals surface area contributed by atoms with Crippen molar-refractivity contribution in [2.75, 3.05) is 11.1 Å². The van der Waals surface area contributed by atoms with Gasteiger partial charge in [-0.3, -0.25) is 4.79 Å². The van der Waals surface area contributed by atoms with Gasteiger partial charge in [0.2, 0.25) is 0 Å². The van der Waals surface area contributed by atoms with Crippen LogP contribution in [0.2, 0.25) is 0 Å². The van der Waals surface area contributed by atoms with Gasteiger partial charge in [0.25, 0.3) is 5.91 Å². The second kappa shape index (κ2) is 5.39. The SMILES string of the molecule is Nc1ccc(F)c(C(=O)Nc2cc(F)c(F)c(F)c2)c1F. The third-order valence-electron chi connectivity index (χ3n) is 2.59. The maximum Gasteiger partial charge on any atom is 0.261 e. The number of rotatable bonds is 2. The van der Waals surface area contributed by atoms with E-state index in [0.717, 1.165) is 12.1 Å². The van der Waals surface area contributed by atoms with Crippen molar-refractivity contribution in [1.29, 1.82) is 0 Å². The third kappa shape index (κ3) is 2.78. The number of amides is 1. The minimum Gasteiger partial charge on any atom is -0.396 e. The van der Waals surface area contributed by atoms with Gasteiger partial charge in [-0.05, 0) is 12.1 Å². The highest BCUT2D eigenvalue weighted by Gasteiger charge is 2.20. The Kier molecular flexibility index (Phi) is 3.79. The Balaban J connectivity index is 2.37. The number of hydrogen-bond donors (Lipinski definition) is 2. The third-order valence-corrected chi connectivity index (χ3v) is 2.59. The summed E-state index contributed by atoms with van der Waals surface area (Å²) >= 11 is 0. The molecule has 0 fully saturated rings. The monoisotopic (exact) mass is 302 g/mol. The maximum absolute atomic E-state index is 13.6. The van der Waals surface area contributed by atoms with Crippen molar-refractivity contribution in [1.82, 2.24) is 0 Å². The highest BCUT2D eigenvalue weighted by atomic mass is 19.2. The van der Waals surface area contributed by atoms with E-state index in [0.29, 0.717) is 12.1 Å². The number of anilines is 2. The van der Waals surface area contributed by atoms with Crippen molar-refractivity contribution in [2.24, 2.45) is 0 Å². The first-order valence-corrected chi connectivity index (χ1v) is 5.50. The summed E-state index contributed by atoms with van der Waals surface area (Å²) in [5.41, 5.74) is 3.21. The van der Waals surface area contributed by atoms with Crippen LogP contribution in [0.3, 0.4) is 0 Å². The average molecular weight is 302 g/mol. The zero-order valence-corrected chi connectivity index (χ0v) is 10.2. The van der Waals surface area contributed by atoms with E-state index in [-0.39, 0.29) is 0 Å². The Morgan fingerprint density at radius 2 is 1.48 bits per heavy atom. The van der Waals surface area contributed by atoms with Crippen LogP contribution in [-0.2, 0) is 0 Å². The maximum atomic E-state index is 13.6. The Hall–Kier alpha value is -2.64. The quantitative estimate of drug-likeness (QED) is 0.508. The van der Waals surface area contributed by atoms with Gasteiger partial charge in [-0.2, -0.15) is 0 Å². The van der Waals surface area contributed by atoms with Crippen LogP contribution in [0.4, 0.5) is 33.3 Å². The summed E-state index contributed by atoms with van der Waals surface area (Å²) in [7, 11) is 0. The topological polar surface area (TPSA) is 55.1 Å². The van der Waals surface area contributed by atoms with Crippen molar-refractivity contribution in [3.63, 3.8) is 0 Å². The lowest BCUT2D eigenvalue weighted by molar-refractivity contribution is 0.101. The summed E-state index contributed by atoms with van der Waals surface area (Å²) in [5, 5.41) is 1.85. The van der Waals surface area contributed by atoms with E-state index in [1.807, 2.05) is 5.32 Å². The Morgan fingerprint density at radius 1 is 0.905 bits per heavy atom. The standard InChI is InChI=1S/C13H7F5N2O/c14-6-1-2-9(19)12(18)10(6)13(21)20-5-3-7(15)11(17)8(16)4-5/h1-4H,19H2,(H,20,21). The lowest BCUT2D eigenvalue weighted by atomic mass is 10.1. The van der Waals surface area contributed by atoms with Crippen molar-refractivity contribution in [2.45, 2.75) is 0 Å². The molecule has 0 spiro atoms. The summed E-state index contributed by atoms with van der Waals surface area (Å²) in [6.07, 6.45) is 0. The predicted molar refractivity (Wildman–Crippen MR) is 65.0 cm³/mol. The number of benzene rings is 2. The molecule has 21 heavy (non-hydrogen) atoms. The van der Waals surface area contributed by atoms with E-state index in [4.69, 9.17) is 5.73 Å². The minimum atomic E-state index is -1.73. The van der Waals surface area contributed by atoms with E-state index in [2.05, 4.69) is 0 Å². The molecule has 3 nitrogen and oxygen atoms in total. The normalized spacial score (nSPS) is 10.5. The molecular weight excluding hydrogens is 295 g/mol. The number of nitrogen functional groups attached to an aromatic ring is 1. The summed E-state index contributed by atoms with van der Waals surface area (Å²) in [4.78, 5) is 11.7. The van der Waals surface area contributed by atoms with Gasteiger partial charge in [-0.15, -0.1) is 0 Å². The number of hydrogen-bond acceptors (Lipinski definition) is 2. The Bertz CT molecular complexity index is 710. The lowest BCUT2D eigenvalue weighted by Crippen LogP contribution is -2.17. The molecule has 0 unspecified atom stereocenters. The number of carbonyl (C=O) groups is 1. The lowest BCUT2D eigenvalue weighted by Gasteiger charge is -2.09. The van der Waals surface area contributed by atoms with Crippen molar-refractivity contribution < 1.29 is 26.7 Å². The van der Waals surface area contributed by atoms with Gasteiger partial charge in [0.15, 0.2) is 23.3 Å². The van der Waals surface area contributed by atoms with Crippen LogP contribution in [0.1, 0.15) is 10.4 Å². The number of carbonyl (C=O) groups excluding carboxylic acids is 1. The van der Waals surface area contributed by atoms with Crippen molar-refractivity contribution >= 4 is 17.3 Å². The minimum absolute atomic E-state index is 0.471. The van der Waals surface area contributed by atoms with E-state index in [9.17, 15) is 26.7 Å². The van der Waals surface area contributed by atoms with Crippen LogP contribution < -0.4 is 11.1 Å². The molecule has 0 heterocycles. The second-order valence-corrected chi connectivity index (χ2v) is 4.03. The van der Waals surface area contributed by atoms with Crippen molar-refractivity contribution in [3.8, 4) is 0 Å². The van der Waals surface area contributed by atoms with Crippen molar-refractivity contribution in [3.05, 3.63) is 58.9 Å². The largest absolute Gasteiger partial charge is 0.396 e. The molecule has 2 aromatic rings. The fraction of sp³-hybridized carbons (Fsp3) is 0. The second-order valence-electron chi connectivity index (χ2n) is 4.03. The summed E-state index contributed by atoms with van der Waals surface area (Å²) in [5.74, 6) is -8.67. The zero-order chi connectivity index (χ0) is 15.7. The predicted octanol–water partition coefficient (Wildman–Crippen LogP) is 3.22. The first-order valence-electron chi connectivity index (χ1n) is 5.50. The van der Waals surface area contributed by atoms with E-state index in [1.165, 1.54) is 0 Å². The molecule has 0 atom stereocenters. The first-order chi connectivity index (χ1) is 9.81. The number of nitrogens with two attached hydrogens (primary N) is 1. The fourth-order valence-corrected chi connectivity index (χ4v) is 1.60. The summed E-state index contributed by atoms with van der Waals surface area (Å²) < 4.78 is 65.8. The van der Waals surface area contributed by atoms with Gasteiger partial charge < -0.3 is 11.1 Å². The number of nitrogens with one attached hydrogen (secondary N) is 1. The summed E-state index contributed by atoms with van der Waals surface area (Å²) in [6, 6.07) is 2.62. The van der Waals surface area contributed by atoms with Crippen LogP contribution >= 0.6 is 0 Å². The summed E-state index contributed by atoms with van der Waals surface area (Å²) in [6.45, 7) is 0. The van der Waals surface area contributed by atoms with Gasteiger partial charge in [0.1, 0.15) is 11.4 Å². The first kappa shape index (κ1) is 14.8. The van der Waals surface area contributed by atoms with Gasteiger partial charge in [0.05, 0.1) is 5.69 Å². The van der Waals surface area contributed by atoms with Gasteiger partial charge in [-0.25, -0.2) is 22.0 Å². The Labute approximate surface area is 115 Å². The molecule has 2 aromatic carbocycles. The van der Waals surface area contributed by atoms with Gasteiger partial charge in [0, 0.05) is 17.8 Å². The molecule has 110 valence electrons. The molecule has 0 bridgehead atoms. The molecule has 8 heteroatoms. The van der Waals surface area contributed by atoms with E-state index in [1.54, 1.807) is 0 Å². The van der Waals surface area contributed by atoms with Crippen LogP contribution in [-0.4, -0.2) is 5.91 Å². The molecule has 0 radical (unpaired) electrons. The molecular formula is C13H7F5N2O. The van der Waals surface area contributed by atoms with E-state index < -0.39 is 51.9 Å². The smallest absolute Gasteiger partial charge is 0.261 e. The molecule has 1 amide bonds. The highest BCUT2D eigenvalue weighted by molar-refractivity contribution is 6.05. The molecule has 0 aliphatic heterocycles. The molecule has 2 rings (SSSR count). The van der Waals surface area contributed by atoms with Crippen LogP contribution in [0.5, 0.6) is 0 Å². The number of halogens is 5. The molecule has 3 N–H and O–H groups in total. The average Bonchev–Trinajstić information content (AvgIpc) is 2.40. The molecule has 0 aliphatic carbocycles. The Morgan fingerprint density at radius 3 is 2.05 bits per heavy atom.